The summed E-state index contributed by atoms with van der Waals surface area (Å²) >= 11 is 0. The summed E-state index contributed by atoms with van der Waals surface area (Å²) in [4.78, 5) is 1.92. The molecular weight excluding hydrogens is 269 g/mol. The zero-order valence-electron chi connectivity index (χ0n) is 12.9. The molecule has 1 aliphatic heterocycles. The molecule has 0 aromatic heterocycles. The topological polar surface area (TPSA) is 24.5 Å². The smallest absolute Gasteiger partial charge is 0.383 e. The van der Waals surface area contributed by atoms with Gasteiger partial charge in [-0.15, -0.1) is 0 Å². The van der Waals surface area contributed by atoms with Crippen molar-refractivity contribution in [3.8, 4) is 0 Å². The van der Waals surface area contributed by atoms with Gasteiger partial charge in [0.05, 0.1) is 12.5 Å². The Morgan fingerprint density at radius 3 is 2.45 bits per heavy atom. The van der Waals surface area contributed by atoms with Gasteiger partial charge in [-0.3, -0.25) is 4.90 Å². The zero-order chi connectivity index (χ0) is 15.4. The molecule has 2 unspecified atom stereocenters. The molecule has 120 valence electrons. The molecule has 2 atom stereocenters. The minimum absolute atomic E-state index is 0.00984. The average Bonchev–Trinajstić information content (AvgIpc) is 2.32. The zero-order valence-corrected chi connectivity index (χ0v) is 12.9. The predicted octanol–water partition coefficient (Wildman–Crippen LogP) is 2.66. The Bertz CT molecular complexity index is 287. The van der Waals surface area contributed by atoms with Crippen LogP contribution in [0.5, 0.6) is 0 Å². The third-order valence-electron chi connectivity index (χ3n) is 3.66. The van der Waals surface area contributed by atoms with Gasteiger partial charge in [-0.1, -0.05) is 0 Å². The van der Waals surface area contributed by atoms with E-state index in [0.29, 0.717) is 26.1 Å². The Kier molecular flexibility index (Phi) is 6.28. The van der Waals surface area contributed by atoms with Gasteiger partial charge in [-0.2, -0.15) is 13.2 Å². The van der Waals surface area contributed by atoms with E-state index in [2.05, 4.69) is 5.32 Å². The van der Waals surface area contributed by atoms with Crippen molar-refractivity contribution < 1.29 is 17.9 Å². The van der Waals surface area contributed by atoms with E-state index in [9.17, 15) is 13.2 Å². The largest absolute Gasteiger partial charge is 0.393 e. The molecule has 0 saturated carbocycles. The molecule has 1 saturated heterocycles. The van der Waals surface area contributed by atoms with Crippen molar-refractivity contribution in [1.82, 2.24) is 10.2 Å². The fraction of sp³-hybridized carbons (Fsp3) is 1.00. The number of nitrogens with one attached hydrogen (secondary N) is 1. The predicted molar refractivity (Wildman–Crippen MR) is 73.8 cm³/mol. The molecule has 0 aromatic rings. The number of hydrogen-bond acceptors (Lipinski definition) is 3. The van der Waals surface area contributed by atoms with Crippen LogP contribution < -0.4 is 5.32 Å². The maximum atomic E-state index is 12.9. The summed E-state index contributed by atoms with van der Waals surface area (Å²) in [6.07, 6.45) is -3.25. The van der Waals surface area contributed by atoms with Crippen LogP contribution in [0.25, 0.3) is 0 Å². The van der Waals surface area contributed by atoms with Crippen LogP contribution in [0.3, 0.4) is 0 Å². The number of nitrogens with zero attached hydrogens (tertiary/aromatic N) is 1. The third-order valence-corrected chi connectivity index (χ3v) is 3.66. The second-order valence-electron chi connectivity index (χ2n) is 6.62. The van der Waals surface area contributed by atoms with Crippen LogP contribution in [0, 0.1) is 5.92 Å². The highest BCUT2D eigenvalue weighted by molar-refractivity contribution is 4.85. The van der Waals surface area contributed by atoms with Crippen LogP contribution in [0.1, 0.15) is 33.6 Å². The second-order valence-corrected chi connectivity index (χ2v) is 6.62. The monoisotopic (exact) mass is 296 g/mol. The van der Waals surface area contributed by atoms with Crippen molar-refractivity contribution in [2.45, 2.75) is 51.4 Å². The lowest BCUT2D eigenvalue weighted by Crippen LogP contribution is -2.53. The molecule has 0 bridgehead atoms. The van der Waals surface area contributed by atoms with Crippen LogP contribution in [0.2, 0.25) is 0 Å². The number of ether oxygens (including phenoxy) is 1. The minimum Gasteiger partial charge on any atom is -0.383 e. The molecule has 0 spiro atoms. The summed E-state index contributed by atoms with van der Waals surface area (Å²) in [5.74, 6) is -1.20. The van der Waals surface area contributed by atoms with E-state index >= 15 is 0 Å². The van der Waals surface area contributed by atoms with E-state index < -0.39 is 12.1 Å². The maximum Gasteiger partial charge on any atom is 0.393 e. The first-order valence-corrected chi connectivity index (χ1v) is 7.18. The van der Waals surface area contributed by atoms with E-state index in [-0.39, 0.29) is 24.5 Å². The van der Waals surface area contributed by atoms with Crippen LogP contribution >= 0.6 is 0 Å². The molecule has 1 aliphatic rings. The van der Waals surface area contributed by atoms with Crippen LogP contribution in [-0.4, -0.2) is 56.0 Å². The summed E-state index contributed by atoms with van der Waals surface area (Å²) in [7, 11) is 1.59. The highest BCUT2D eigenvalue weighted by Gasteiger charge is 2.42. The third kappa shape index (κ3) is 5.97. The van der Waals surface area contributed by atoms with E-state index in [1.54, 1.807) is 7.11 Å². The molecule has 3 nitrogen and oxygen atoms in total. The van der Waals surface area contributed by atoms with Crippen molar-refractivity contribution in [2.75, 3.05) is 33.4 Å². The molecule has 0 radical (unpaired) electrons. The van der Waals surface area contributed by atoms with Crippen LogP contribution in [0.15, 0.2) is 0 Å². The van der Waals surface area contributed by atoms with Crippen LogP contribution in [0.4, 0.5) is 13.2 Å². The second kappa shape index (κ2) is 7.09. The molecule has 20 heavy (non-hydrogen) atoms. The molecular formula is C14H27F3N2O. The summed E-state index contributed by atoms with van der Waals surface area (Å²) in [6.45, 7) is 8.04. The van der Waals surface area contributed by atoms with E-state index in [0.717, 1.165) is 0 Å². The molecule has 0 aromatic carbocycles. The molecule has 1 fully saturated rings. The lowest BCUT2D eigenvalue weighted by molar-refractivity contribution is -0.189. The first-order chi connectivity index (χ1) is 9.13. The molecule has 0 amide bonds. The minimum atomic E-state index is -4.09. The summed E-state index contributed by atoms with van der Waals surface area (Å²) in [5, 5.41) is 3.35. The van der Waals surface area contributed by atoms with Crippen molar-refractivity contribution >= 4 is 0 Å². The standard InChI is InChI=1S/C14H27F3N2O/c1-13(2,3)18-8-12(10-20-4)19-7-5-6-11(9-19)14(15,16)17/h11-12,18H,5-10H2,1-4H3. The summed E-state index contributed by atoms with van der Waals surface area (Å²) in [5.41, 5.74) is -0.0504. The fourth-order valence-corrected chi connectivity index (χ4v) is 2.52. The number of alkyl halides is 3. The average molecular weight is 296 g/mol. The Morgan fingerprint density at radius 1 is 1.30 bits per heavy atom. The maximum absolute atomic E-state index is 12.9. The van der Waals surface area contributed by atoms with Gasteiger partial charge in [-0.25, -0.2) is 0 Å². The van der Waals surface area contributed by atoms with Gasteiger partial charge in [0.1, 0.15) is 0 Å². The van der Waals surface area contributed by atoms with E-state index in [1.165, 1.54) is 0 Å². The molecule has 1 rings (SSSR count). The van der Waals surface area contributed by atoms with Crippen molar-refractivity contribution in [3.05, 3.63) is 0 Å². The lowest BCUT2D eigenvalue weighted by Gasteiger charge is -2.39. The Labute approximate surface area is 119 Å². The highest BCUT2D eigenvalue weighted by atomic mass is 19.4. The highest BCUT2D eigenvalue weighted by Crippen LogP contribution is 2.33. The van der Waals surface area contributed by atoms with Crippen molar-refractivity contribution in [2.24, 2.45) is 5.92 Å². The van der Waals surface area contributed by atoms with Crippen molar-refractivity contribution in [3.63, 3.8) is 0 Å². The van der Waals surface area contributed by atoms with Gasteiger partial charge >= 0.3 is 6.18 Å². The van der Waals surface area contributed by atoms with Crippen molar-refractivity contribution in [1.29, 1.82) is 0 Å². The number of methoxy groups -OCH3 is 1. The summed E-state index contributed by atoms with van der Waals surface area (Å²) in [6, 6.07) is -0.00984. The van der Waals surface area contributed by atoms with Gasteiger partial charge in [-0.05, 0) is 40.2 Å². The first kappa shape index (κ1) is 17.7. The Hall–Kier alpha value is -0.330. The number of halogens is 3. The fourth-order valence-electron chi connectivity index (χ4n) is 2.52. The molecule has 6 heteroatoms. The van der Waals surface area contributed by atoms with Gasteiger partial charge in [0.25, 0.3) is 0 Å². The van der Waals surface area contributed by atoms with Gasteiger partial charge in [0.2, 0.25) is 0 Å². The van der Waals surface area contributed by atoms with E-state index in [4.69, 9.17) is 4.74 Å². The van der Waals surface area contributed by atoms with E-state index in [1.807, 2.05) is 25.7 Å². The number of likely N-dealkylation sites (tertiary alicyclic amines) is 1. The molecule has 0 aliphatic carbocycles. The number of rotatable bonds is 5. The Morgan fingerprint density at radius 2 is 1.95 bits per heavy atom. The quantitative estimate of drug-likeness (QED) is 0.844. The lowest BCUT2D eigenvalue weighted by atomic mass is 9.96. The first-order valence-electron chi connectivity index (χ1n) is 7.18. The molecule has 1 heterocycles. The summed E-state index contributed by atoms with van der Waals surface area (Å²) < 4.78 is 43.8. The van der Waals surface area contributed by atoms with Crippen LogP contribution in [-0.2, 0) is 4.74 Å². The number of hydrogen-bond donors (Lipinski definition) is 1. The normalized spacial score (nSPS) is 23.9. The Balaban J connectivity index is 2.61. The number of piperidine rings is 1. The molecule has 1 N–H and O–H groups in total. The SMILES string of the molecule is COCC(CNC(C)(C)C)N1CCCC(C(F)(F)F)C1. The van der Waals surface area contributed by atoms with Gasteiger partial charge in [0, 0.05) is 31.8 Å². The van der Waals surface area contributed by atoms with Gasteiger partial charge in [0.15, 0.2) is 0 Å². The van der Waals surface area contributed by atoms with Gasteiger partial charge < -0.3 is 10.1 Å².